The summed E-state index contributed by atoms with van der Waals surface area (Å²) in [5, 5.41) is 3.25. The second-order valence-corrected chi connectivity index (χ2v) is 6.22. The zero-order valence-corrected chi connectivity index (χ0v) is 13.2. The van der Waals surface area contributed by atoms with Gasteiger partial charge < -0.3 is 14.8 Å². The third-order valence-electron chi connectivity index (χ3n) is 4.16. The predicted octanol–water partition coefficient (Wildman–Crippen LogP) is 2.08. The first kappa shape index (κ1) is 14.7. The maximum atomic E-state index is 13.6. The highest BCUT2D eigenvalue weighted by atomic mass is 19.1. The van der Waals surface area contributed by atoms with Gasteiger partial charge in [0.1, 0.15) is 5.82 Å². The first-order valence-corrected chi connectivity index (χ1v) is 7.41. The number of aromatic nitrogens is 4. The number of hydrogen-bond acceptors (Lipinski definition) is 5. The van der Waals surface area contributed by atoms with Crippen LogP contribution in [0.3, 0.4) is 0 Å². The van der Waals surface area contributed by atoms with Gasteiger partial charge in [-0.3, -0.25) is 0 Å². The highest BCUT2D eigenvalue weighted by Crippen LogP contribution is 2.47. The molecule has 0 bridgehead atoms. The van der Waals surface area contributed by atoms with Crippen LogP contribution in [0, 0.1) is 18.2 Å². The van der Waals surface area contributed by atoms with Gasteiger partial charge in [0.15, 0.2) is 11.6 Å². The Morgan fingerprint density at radius 1 is 1.36 bits per heavy atom. The van der Waals surface area contributed by atoms with E-state index in [1.54, 1.807) is 19.0 Å². The third-order valence-corrected chi connectivity index (χ3v) is 4.16. The largest absolute Gasteiger partial charge is 0.360 e. The van der Waals surface area contributed by atoms with E-state index in [1.807, 2.05) is 19.3 Å². The molecule has 0 unspecified atom stereocenters. The summed E-state index contributed by atoms with van der Waals surface area (Å²) in [6, 6.07) is 0. The summed E-state index contributed by atoms with van der Waals surface area (Å²) in [5.41, 5.74) is 0.224. The van der Waals surface area contributed by atoms with Crippen LogP contribution in [0.5, 0.6) is 0 Å². The molecule has 0 spiro atoms. The van der Waals surface area contributed by atoms with Crippen molar-refractivity contribution >= 4 is 11.8 Å². The van der Waals surface area contributed by atoms with E-state index in [9.17, 15) is 4.39 Å². The van der Waals surface area contributed by atoms with Gasteiger partial charge in [-0.1, -0.05) is 0 Å². The number of halogens is 1. The van der Waals surface area contributed by atoms with E-state index in [1.165, 1.54) is 19.0 Å². The molecule has 1 saturated carbocycles. The summed E-state index contributed by atoms with van der Waals surface area (Å²) in [7, 11) is 3.53. The van der Waals surface area contributed by atoms with Gasteiger partial charge in [-0.2, -0.15) is 4.98 Å². The molecular weight excluding hydrogens is 283 g/mol. The lowest BCUT2D eigenvalue weighted by atomic mass is 10.1. The van der Waals surface area contributed by atoms with Gasteiger partial charge in [-0.25, -0.2) is 14.4 Å². The lowest BCUT2D eigenvalue weighted by molar-refractivity contribution is 0.437. The Kier molecular flexibility index (Phi) is 3.72. The zero-order valence-electron chi connectivity index (χ0n) is 13.2. The van der Waals surface area contributed by atoms with Crippen molar-refractivity contribution in [1.29, 1.82) is 0 Å². The van der Waals surface area contributed by atoms with E-state index in [0.29, 0.717) is 11.8 Å². The van der Waals surface area contributed by atoms with Gasteiger partial charge >= 0.3 is 0 Å². The van der Waals surface area contributed by atoms with Gasteiger partial charge in [0, 0.05) is 45.0 Å². The van der Waals surface area contributed by atoms with Crippen molar-refractivity contribution in [2.24, 2.45) is 5.41 Å². The molecule has 3 rings (SSSR count). The first-order valence-electron chi connectivity index (χ1n) is 7.41. The fourth-order valence-corrected chi connectivity index (χ4v) is 2.52. The molecule has 118 valence electrons. The molecule has 0 aromatic carbocycles. The van der Waals surface area contributed by atoms with Gasteiger partial charge in [0.25, 0.3) is 0 Å². The van der Waals surface area contributed by atoms with Crippen LogP contribution >= 0.6 is 0 Å². The SMILES string of the molecule is Cc1nccn1CC1(CNc2ncc(F)c(N(C)C)n2)CC1. The maximum absolute atomic E-state index is 13.6. The molecule has 1 N–H and O–H groups in total. The van der Waals surface area contributed by atoms with Crippen LogP contribution in [0.15, 0.2) is 18.6 Å². The van der Waals surface area contributed by atoms with Crippen molar-refractivity contribution in [2.45, 2.75) is 26.3 Å². The van der Waals surface area contributed by atoms with Gasteiger partial charge in [0.05, 0.1) is 6.20 Å². The van der Waals surface area contributed by atoms with E-state index in [-0.39, 0.29) is 5.41 Å². The Morgan fingerprint density at radius 2 is 2.14 bits per heavy atom. The summed E-state index contributed by atoms with van der Waals surface area (Å²) in [6.45, 7) is 3.73. The molecule has 0 atom stereocenters. The number of imidazole rings is 1. The maximum Gasteiger partial charge on any atom is 0.224 e. The van der Waals surface area contributed by atoms with E-state index in [4.69, 9.17) is 0 Å². The topological polar surface area (TPSA) is 58.9 Å². The minimum absolute atomic E-state index is 0.224. The van der Waals surface area contributed by atoms with Crippen LogP contribution in [-0.2, 0) is 6.54 Å². The molecule has 0 aliphatic heterocycles. The quantitative estimate of drug-likeness (QED) is 0.885. The minimum Gasteiger partial charge on any atom is -0.360 e. The monoisotopic (exact) mass is 304 g/mol. The number of rotatable bonds is 6. The summed E-state index contributed by atoms with van der Waals surface area (Å²) >= 11 is 0. The lowest BCUT2D eigenvalue weighted by Gasteiger charge is -2.18. The highest BCUT2D eigenvalue weighted by molar-refractivity contribution is 5.42. The van der Waals surface area contributed by atoms with Crippen molar-refractivity contribution in [2.75, 3.05) is 30.9 Å². The summed E-state index contributed by atoms with van der Waals surface area (Å²) in [5.74, 6) is 1.39. The van der Waals surface area contributed by atoms with Crippen LogP contribution < -0.4 is 10.2 Å². The Hall–Kier alpha value is -2.18. The molecule has 1 fully saturated rings. The van der Waals surface area contributed by atoms with Crippen molar-refractivity contribution in [1.82, 2.24) is 19.5 Å². The fourth-order valence-electron chi connectivity index (χ4n) is 2.52. The van der Waals surface area contributed by atoms with Crippen LogP contribution in [-0.4, -0.2) is 40.2 Å². The molecule has 1 aliphatic carbocycles. The van der Waals surface area contributed by atoms with E-state index in [2.05, 4.69) is 24.8 Å². The van der Waals surface area contributed by atoms with Crippen molar-refractivity contribution in [3.05, 3.63) is 30.2 Å². The Morgan fingerprint density at radius 3 is 2.73 bits per heavy atom. The standard InChI is InChI=1S/C15H21FN6/c1-11-17-6-7-22(11)10-15(4-5-15)9-19-14-18-8-12(16)13(20-14)21(2)3/h6-8H,4-5,9-10H2,1-3H3,(H,18,19,20). The number of aryl methyl sites for hydroxylation is 1. The van der Waals surface area contributed by atoms with Crippen molar-refractivity contribution in [3.63, 3.8) is 0 Å². The summed E-state index contributed by atoms with van der Waals surface area (Å²) in [4.78, 5) is 14.2. The number of hydrogen-bond donors (Lipinski definition) is 1. The van der Waals surface area contributed by atoms with E-state index in [0.717, 1.165) is 18.9 Å². The molecule has 6 nitrogen and oxygen atoms in total. The molecule has 0 radical (unpaired) electrons. The average molecular weight is 304 g/mol. The fraction of sp³-hybridized carbons (Fsp3) is 0.533. The smallest absolute Gasteiger partial charge is 0.224 e. The number of anilines is 2. The van der Waals surface area contributed by atoms with Gasteiger partial charge in [-0.15, -0.1) is 0 Å². The molecule has 7 heteroatoms. The average Bonchev–Trinajstić information content (AvgIpc) is 3.14. The van der Waals surface area contributed by atoms with Crippen LogP contribution in [0.2, 0.25) is 0 Å². The number of nitrogens with zero attached hydrogens (tertiary/aromatic N) is 5. The van der Waals surface area contributed by atoms with E-state index >= 15 is 0 Å². The normalized spacial score (nSPS) is 15.6. The second-order valence-electron chi connectivity index (χ2n) is 6.22. The molecule has 2 aromatic heterocycles. The Balaban J connectivity index is 1.65. The zero-order chi connectivity index (χ0) is 15.7. The number of nitrogens with one attached hydrogen (secondary N) is 1. The van der Waals surface area contributed by atoms with Crippen molar-refractivity contribution < 1.29 is 4.39 Å². The Labute approximate surface area is 129 Å². The highest BCUT2D eigenvalue weighted by Gasteiger charge is 2.43. The van der Waals surface area contributed by atoms with Crippen LogP contribution in [0.4, 0.5) is 16.2 Å². The molecular formula is C15H21FN6. The molecule has 0 saturated heterocycles. The van der Waals surface area contributed by atoms with Gasteiger partial charge in [-0.05, 0) is 19.8 Å². The van der Waals surface area contributed by atoms with Crippen molar-refractivity contribution in [3.8, 4) is 0 Å². The molecule has 22 heavy (non-hydrogen) atoms. The summed E-state index contributed by atoms with van der Waals surface area (Å²) in [6.07, 6.45) is 7.38. The Bertz CT molecular complexity index is 662. The predicted molar refractivity (Wildman–Crippen MR) is 83.4 cm³/mol. The lowest BCUT2D eigenvalue weighted by Crippen LogP contribution is -2.23. The molecule has 2 heterocycles. The summed E-state index contributed by atoms with van der Waals surface area (Å²) < 4.78 is 15.8. The van der Waals surface area contributed by atoms with E-state index < -0.39 is 5.82 Å². The van der Waals surface area contributed by atoms with Crippen LogP contribution in [0.25, 0.3) is 0 Å². The third kappa shape index (κ3) is 3.03. The molecule has 1 aliphatic rings. The minimum atomic E-state index is -0.411. The van der Waals surface area contributed by atoms with Gasteiger partial charge in [0.2, 0.25) is 5.95 Å². The molecule has 2 aromatic rings. The second kappa shape index (κ2) is 5.55. The van der Waals surface area contributed by atoms with Crippen LogP contribution in [0.1, 0.15) is 18.7 Å². The first-order chi connectivity index (χ1) is 10.5. The molecule has 0 amide bonds.